The number of hydrogen-bond acceptors (Lipinski definition) is 0. The zero-order valence-electron chi connectivity index (χ0n) is 5.27. The molecule has 0 amide bonds. The molecule has 0 bridgehead atoms. The largest absolute Gasteiger partial charge is 0.207 e. The number of rotatable bonds is 1. The molecule has 0 aliphatic carbocycles. The fourth-order valence-electron chi connectivity index (χ4n) is 0.631. The van der Waals surface area contributed by atoms with Crippen molar-refractivity contribution in [1.29, 1.82) is 0 Å². The van der Waals surface area contributed by atoms with Gasteiger partial charge in [0.1, 0.15) is 5.83 Å². The summed E-state index contributed by atoms with van der Waals surface area (Å²) in [4.78, 5) is 0. The van der Waals surface area contributed by atoms with Gasteiger partial charge >= 0.3 is 0 Å². The van der Waals surface area contributed by atoms with Gasteiger partial charge in [0.05, 0.1) is 0 Å². The Kier molecular flexibility index (Phi) is 2.22. The average Bonchev–Trinajstić information content (AvgIpc) is 1.88. The van der Waals surface area contributed by atoms with Crippen molar-refractivity contribution in [2.45, 2.75) is 0 Å². The van der Waals surface area contributed by atoms with Gasteiger partial charge in [-0.25, -0.2) is 4.39 Å². The van der Waals surface area contributed by atoms with E-state index >= 15 is 0 Å². The molecule has 0 spiro atoms. The molecule has 0 fully saturated rings. The molecule has 0 unspecified atom stereocenters. The highest BCUT2D eigenvalue weighted by Crippen LogP contribution is 2.16. The van der Waals surface area contributed by atoms with Gasteiger partial charge in [-0.15, -0.1) is 0 Å². The maximum absolute atomic E-state index is 12.4. The van der Waals surface area contributed by atoms with Gasteiger partial charge in [-0.2, -0.15) is 0 Å². The molecule has 0 aliphatic rings. The van der Waals surface area contributed by atoms with Gasteiger partial charge in [0, 0.05) is 10.0 Å². The highest BCUT2D eigenvalue weighted by molar-refractivity contribution is 9.10. The Morgan fingerprint density at radius 1 is 1.30 bits per heavy atom. The molecule has 10 heavy (non-hydrogen) atoms. The first-order valence-electron chi connectivity index (χ1n) is 2.80. The Labute approximate surface area is 67.5 Å². The highest BCUT2D eigenvalue weighted by Gasteiger charge is 1.94. The molecular formula is C8H6BrF. The predicted molar refractivity (Wildman–Crippen MR) is 44.3 cm³/mol. The van der Waals surface area contributed by atoms with Crippen LogP contribution in [0.15, 0.2) is 35.3 Å². The van der Waals surface area contributed by atoms with E-state index in [4.69, 9.17) is 0 Å². The van der Waals surface area contributed by atoms with Crippen molar-refractivity contribution in [2.24, 2.45) is 0 Å². The second-order valence-electron chi connectivity index (χ2n) is 1.91. The lowest BCUT2D eigenvalue weighted by Gasteiger charge is -1.94. The van der Waals surface area contributed by atoms with Crippen LogP contribution >= 0.6 is 15.9 Å². The van der Waals surface area contributed by atoms with Crippen molar-refractivity contribution >= 4 is 21.8 Å². The van der Waals surface area contributed by atoms with Crippen LogP contribution in [0, 0.1) is 0 Å². The molecule has 0 saturated heterocycles. The van der Waals surface area contributed by atoms with E-state index in [-0.39, 0.29) is 0 Å². The average molecular weight is 201 g/mol. The highest BCUT2D eigenvalue weighted by atomic mass is 79.9. The van der Waals surface area contributed by atoms with Gasteiger partial charge in [0.25, 0.3) is 0 Å². The van der Waals surface area contributed by atoms with Crippen molar-refractivity contribution in [1.82, 2.24) is 0 Å². The van der Waals surface area contributed by atoms with Crippen LogP contribution in [0.4, 0.5) is 4.39 Å². The molecule has 0 aromatic heterocycles. The van der Waals surface area contributed by atoms with Crippen molar-refractivity contribution in [2.75, 3.05) is 0 Å². The minimum absolute atomic E-state index is 0.396. The summed E-state index contributed by atoms with van der Waals surface area (Å²) in [5.41, 5.74) is 0.531. The van der Waals surface area contributed by atoms with Crippen LogP contribution < -0.4 is 0 Å². The van der Waals surface area contributed by atoms with E-state index in [1.54, 1.807) is 24.3 Å². The van der Waals surface area contributed by atoms with E-state index in [1.807, 2.05) is 0 Å². The maximum Gasteiger partial charge on any atom is 0.123 e. The molecule has 0 heterocycles. The van der Waals surface area contributed by atoms with Crippen LogP contribution in [0.25, 0.3) is 5.83 Å². The monoisotopic (exact) mass is 200 g/mol. The van der Waals surface area contributed by atoms with E-state index in [1.165, 1.54) is 0 Å². The van der Waals surface area contributed by atoms with E-state index in [0.717, 1.165) is 4.47 Å². The third-order valence-corrected chi connectivity index (χ3v) is 1.69. The van der Waals surface area contributed by atoms with E-state index in [0.29, 0.717) is 5.56 Å². The second-order valence-corrected chi connectivity index (χ2v) is 2.83. The molecule has 2 heteroatoms. The summed E-state index contributed by atoms with van der Waals surface area (Å²) in [7, 11) is 0. The molecule has 0 atom stereocenters. The smallest absolute Gasteiger partial charge is 0.123 e. The normalized spacial score (nSPS) is 9.40. The van der Waals surface area contributed by atoms with Gasteiger partial charge in [0.15, 0.2) is 0 Å². The van der Waals surface area contributed by atoms with Gasteiger partial charge in [0.2, 0.25) is 0 Å². The minimum Gasteiger partial charge on any atom is -0.207 e. The molecule has 0 saturated carbocycles. The standard InChI is InChI=1S/C8H6BrF/c1-6(10)7-2-4-8(9)5-3-7/h2-5H,1H2. The van der Waals surface area contributed by atoms with Crippen LogP contribution in [-0.2, 0) is 0 Å². The molecule has 0 N–H and O–H groups in total. The van der Waals surface area contributed by atoms with Gasteiger partial charge in [-0.3, -0.25) is 0 Å². The molecule has 0 nitrogen and oxygen atoms in total. The zero-order chi connectivity index (χ0) is 7.56. The molecule has 1 rings (SSSR count). The van der Waals surface area contributed by atoms with Crippen LogP contribution in [0.5, 0.6) is 0 Å². The van der Waals surface area contributed by atoms with Crippen LogP contribution in [0.3, 0.4) is 0 Å². The quantitative estimate of drug-likeness (QED) is 0.653. The molecule has 0 aliphatic heterocycles. The van der Waals surface area contributed by atoms with Crippen molar-refractivity contribution < 1.29 is 4.39 Å². The van der Waals surface area contributed by atoms with E-state index < -0.39 is 5.83 Å². The Morgan fingerprint density at radius 2 is 1.80 bits per heavy atom. The van der Waals surface area contributed by atoms with Crippen molar-refractivity contribution in [3.05, 3.63) is 40.9 Å². The Bertz CT molecular complexity index is 238. The molecule has 0 radical (unpaired) electrons. The number of benzene rings is 1. The second kappa shape index (κ2) is 2.97. The summed E-state index contributed by atoms with van der Waals surface area (Å²) < 4.78 is 13.3. The topological polar surface area (TPSA) is 0 Å². The Morgan fingerprint density at radius 3 is 2.20 bits per heavy atom. The summed E-state index contributed by atoms with van der Waals surface area (Å²) in [5, 5.41) is 0. The van der Waals surface area contributed by atoms with Crippen LogP contribution in [0.2, 0.25) is 0 Å². The summed E-state index contributed by atoms with van der Waals surface area (Å²) >= 11 is 3.24. The van der Waals surface area contributed by atoms with Crippen LogP contribution in [-0.4, -0.2) is 0 Å². The third-order valence-electron chi connectivity index (χ3n) is 1.16. The number of hydrogen-bond donors (Lipinski definition) is 0. The number of halogens is 2. The first-order chi connectivity index (χ1) is 4.70. The lowest BCUT2D eigenvalue weighted by Crippen LogP contribution is -1.73. The maximum atomic E-state index is 12.4. The summed E-state index contributed by atoms with van der Waals surface area (Å²) in [6.45, 7) is 3.17. The Balaban J connectivity index is 3.00. The fourth-order valence-corrected chi connectivity index (χ4v) is 0.895. The summed E-state index contributed by atoms with van der Waals surface area (Å²) in [5.74, 6) is -0.396. The lowest BCUT2D eigenvalue weighted by atomic mass is 10.2. The van der Waals surface area contributed by atoms with E-state index in [9.17, 15) is 4.39 Å². The minimum atomic E-state index is -0.396. The fraction of sp³-hybridized carbons (Fsp3) is 0. The first-order valence-corrected chi connectivity index (χ1v) is 3.60. The zero-order valence-corrected chi connectivity index (χ0v) is 6.86. The van der Waals surface area contributed by atoms with Gasteiger partial charge < -0.3 is 0 Å². The molecular weight excluding hydrogens is 195 g/mol. The van der Waals surface area contributed by atoms with E-state index in [2.05, 4.69) is 22.5 Å². The SMILES string of the molecule is C=C(F)c1ccc(Br)cc1. The van der Waals surface area contributed by atoms with Gasteiger partial charge in [-0.1, -0.05) is 34.6 Å². The molecule has 1 aromatic rings. The summed E-state index contributed by atoms with van der Waals surface area (Å²) in [6.07, 6.45) is 0. The lowest BCUT2D eigenvalue weighted by molar-refractivity contribution is 0.763. The Hall–Kier alpha value is -0.630. The predicted octanol–water partition coefficient (Wildman–Crippen LogP) is 3.39. The first kappa shape index (κ1) is 7.48. The molecule has 52 valence electrons. The van der Waals surface area contributed by atoms with Crippen molar-refractivity contribution in [3.63, 3.8) is 0 Å². The van der Waals surface area contributed by atoms with Gasteiger partial charge in [-0.05, 0) is 12.1 Å². The molecule has 1 aromatic carbocycles. The van der Waals surface area contributed by atoms with Crippen molar-refractivity contribution in [3.8, 4) is 0 Å². The third kappa shape index (κ3) is 1.67. The van der Waals surface area contributed by atoms with Crippen LogP contribution in [0.1, 0.15) is 5.56 Å². The summed E-state index contributed by atoms with van der Waals surface area (Å²) in [6, 6.07) is 6.90.